The molecule has 1 aromatic carbocycles. The molecule has 2 heterocycles. The molecule has 21 heavy (non-hydrogen) atoms. The molecule has 1 fully saturated rings. The van der Waals surface area contributed by atoms with Crippen LogP contribution >= 0.6 is 11.6 Å². The summed E-state index contributed by atoms with van der Waals surface area (Å²) in [6.45, 7) is 10.4. The maximum absolute atomic E-state index is 6.38. The number of fused-ring (bicyclic) bond motifs is 1. The summed E-state index contributed by atoms with van der Waals surface area (Å²) in [7, 11) is -0.402. The van der Waals surface area contributed by atoms with Crippen molar-refractivity contribution in [1.29, 1.82) is 0 Å². The first kappa shape index (κ1) is 15.2. The van der Waals surface area contributed by atoms with Crippen molar-refractivity contribution in [3.05, 3.63) is 22.7 Å². The average molecular weight is 310 g/mol. The normalized spacial score (nSPS) is 23.4. The zero-order valence-electron chi connectivity index (χ0n) is 13.0. The minimum Gasteiger partial charge on any atom is -0.490 e. The molecule has 2 aliphatic rings. The Morgan fingerprint density at radius 3 is 2.48 bits per heavy atom. The smallest absolute Gasteiger partial charge is 0.490 e. The van der Waals surface area contributed by atoms with Crippen LogP contribution in [0.4, 0.5) is 0 Å². The Morgan fingerprint density at radius 2 is 1.81 bits per heavy atom. The lowest BCUT2D eigenvalue weighted by molar-refractivity contribution is 0.00578. The third-order valence-electron chi connectivity index (χ3n) is 4.51. The summed E-state index contributed by atoms with van der Waals surface area (Å²) in [4.78, 5) is 0. The van der Waals surface area contributed by atoms with Gasteiger partial charge in [-0.2, -0.15) is 0 Å². The van der Waals surface area contributed by atoms with E-state index < -0.39 is 7.12 Å². The van der Waals surface area contributed by atoms with E-state index in [-0.39, 0.29) is 11.2 Å². The minimum absolute atomic E-state index is 0.355. The van der Waals surface area contributed by atoms with E-state index >= 15 is 0 Å². The maximum Gasteiger partial charge on any atom is 0.494 e. The van der Waals surface area contributed by atoms with Crippen molar-refractivity contribution in [3.8, 4) is 5.75 Å². The molecule has 1 saturated heterocycles. The Hall–Kier alpha value is -0.745. The quantitative estimate of drug-likeness (QED) is 0.807. The van der Waals surface area contributed by atoms with Crippen molar-refractivity contribution in [3.63, 3.8) is 0 Å². The highest BCUT2D eigenvalue weighted by molar-refractivity contribution is 6.62. The summed E-state index contributed by atoms with van der Waals surface area (Å²) in [5, 5.41) is 3.93. The van der Waals surface area contributed by atoms with E-state index in [1.165, 1.54) is 0 Å². The number of benzene rings is 1. The molecule has 1 aromatic rings. The second-order valence-corrected chi connectivity index (χ2v) is 7.01. The monoisotopic (exact) mass is 309 g/mol. The van der Waals surface area contributed by atoms with E-state index in [9.17, 15) is 0 Å². The summed E-state index contributed by atoms with van der Waals surface area (Å²) in [6, 6.07) is 3.94. The van der Waals surface area contributed by atoms with Crippen molar-refractivity contribution in [1.82, 2.24) is 5.32 Å². The SMILES string of the molecule is CC1(C)OB(c2cc(Cl)c3c(c2)CNCCO3)OC1(C)C. The molecule has 114 valence electrons. The minimum atomic E-state index is -0.402. The number of halogens is 1. The van der Waals surface area contributed by atoms with Gasteiger partial charge in [0.1, 0.15) is 12.4 Å². The lowest BCUT2D eigenvalue weighted by Crippen LogP contribution is -2.41. The first-order valence-electron chi connectivity index (χ1n) is 7.32. The molecule has 0 aromatic heterocycles. The zero-order valence-corrected chi connectivity index (χ0v) is 13.7. The molecule has 0 saturated carbocycles. The first-order valence-corrected chi connectivity index (χ1v) is 7.69. The van der Waals surface area contributed by atoms with E-state index in [0.717, 1.165) is 29.9 Å². The highest BCUT2D eigenvalue weighted by Gasteiger charge is 2.51. The molecule has 0 amide bonds. The lowest BCUT2D eigenvalue weighted by atomic mass is 9.78. The molecule has 4 nitrogen and oxygen atoms in total. The molecule has 1 N–H and O–H groups in total. The highest BCUT2D eigenvalue weighted by Crippen LogP contribution is 2.37. The van der Waals surface area contributed by atoms with Crippen LogP contribution in [-0.2, 0) is 15.9 Å². The predicted molar refractivity (Wildman–Crippen MR) is 84.4 cm³/mol. The van der Waals surface area contributed by atoms with Gasteiger partial charge < -0.3 is 19.4 Å². The van der Waals surface area contributed by atoms with Gasteiger partial charge in [0.25, 0.3) is 0 Å². The van der Waals surface area contributed by atoms with Gasteiger partial charge >= 0.3 is 7.12 Å². The van der Waals surface area contributed by atoms with Crippen molar-refractivity contribution in [2.24, 2.45) is 0 Å². The zero-order chi connectivity index (χ0) is 15.3. The third kappa shape index (κ3) is 2.68. The van der Waals surface area contributed by atoms with Crippen LogP contribution in [0.25, 0.3) is 0 Å². The molecule has 0 bridgehead atoms. The fourth-order valence-corrected chi connectivity index (χ4v) is 2.83. The van der Waals surface area contributed by atoms with Gasteiger partial charge in [0, 0.05) is 18.7 Å². The van der Waals surface area contributed by atoms with Crippen LogP contribution in [0, 0.1) is 0 Å². The van der Waals surface area contributed by atoms with E-state index in [1.807, 2.05) is 33.8 Å². The standard InChI is InChI=1S/C15H21BClNO3/c1-14(2)15(3,4)21-16(20-14)11-7-10-9-18-5-6-19-13(10)12(17)8-11/h7-8,18H,5-6,9H2,1-4H3. The molecular formula is C15H21BClNO3. The Bertz CT molecular complexity index is 546. The van der Waals surface area contributed by atoms with Crippen LogP contribution in [0.1, 0.15) is 33.3 Å². The number of hydrogen-bond donors (Lipinski definition) is 1. The van der Waals surface area contributed by atoms with E-state index in [0.29, 0.717) is 11.6 Å². The maximum atomic E-state index is 6.38. The van der Waals surface area contributed by atoms with Crippen molar-refractivity contribution in [2.75, 3.05) is 13.2 Å². The summed E-state index contributed by atoms with van der Waals surface area (Å²) in [5.74, 6) is 0.766. The Labute approximate surface area is 131 Å². The molecule has 0 aliphatic carbocycles. The summed E-state index contributed by atoms with van der Waals surface area (Å²) < 4.78 is 17.9. The molecule has 0 radical (unpaired) electrons. The number of nitrogens with one attached hydrogen (secondary N) is 1. The lowest BCUT2D eigenvalue weighted by Gasteiger charge is -2.32. The van der Waals surface area contributed by atoms with Gasteiger partial charge in [-0.15, -0.1) is 0 Å². The molecule has 3 rings (SSSR count). The van der Waals surface area contributed by atoms with E-state index in [4.69, 9.17) is 25.6 Å². The molecule has 0 spiro atoms. The molecule has 2 aliphatic heterocycles. The van der Waals surface area contributed by atoms with Crippen LogP contribution in [0.5, 0.6) is 5.75 Å². The summed E-state index contributed by atoms with van der Waals surface area (Å²) >= 11 is 6.38. The summed E-state index contributed by atoms with van der Waals surface area (Å²) in [6.07, 6.45) is 0. The Morgan fingerprint density at radius 1 is 1.14 bits per heavy atom. The fraction of sp³-hybridized carbons (Fsp3) is 0.600. The van der Waals surface area contributed by atoms with Crippen LogP contribution < -0.4 is 15.5 Å². The van der Waals surface area contributed by atoms with Crippen LogP contribution in [-0.4, -0.2) is 31.5 Å². The average Bonchev–Trinajstić information content (AvgIpc) is 2.57. The Kier molecular flexibility index (Phi) is 3.73. The predicted octanol–water partition coefficient (Wildman–Crippen LogP) is 2.12. The fourth-order valence-electron chi connectivity index (χ4n) is 2.53. The topological polar surface area (TPSA) is 39.7 Å². The third-order valence-corrected chi connectivity index (χ3v) is 4.79. The molecule has 0 unspecified atom stereocenters. The largest absolute Gasteiger partial charge is 0.494 e. The summed E-state index contributed by atoms with van der Waals surface area (Å²) in [5.41, 5.74) is 1.27. The van der Waals surface area contributed by atoms with Gasteiger partial charge in [0.2, 0.25) is 0 Å². The number of rotatable bonds is 1. The highest BCUT2D eigenvalue weighted by atomic mass is 35.5. The number of ether oxygens (including phenoxy) is 1. The Balaban J connectivity index is 1.94. The van der Waals surface area contributed by atoms with Crippen molar-refractivity contribution < 1.29 is 14.0 Å². The van der Waals surface area contributed by atoms with Gasteiger partial charge in [0.15, 0.2) is 0 Å². The molecule has 0 atom stereocenters. The molecular weight excluding hydrogens is 288 g/mol. The van der Waals surface area contributed by atoms with Crippen LogP contribution in [0.2, 0.25) is 5.02 Å². The molecule has 6 heteroatoms. The van der Waals surface area contributed by atoms with Gasteiger partial charge in [-0.25, -0.2) is 0 Å². The van der Waals surface area contributed by atoms with E-state index in [1.54, 1.807) is 0 Å². The van der Waals surface area contributed by atoms with Gasteiger partial charge in [-0.3, -0.25) is 0 Å². The van der Waals surface area contributed by atoms with Gasteiger partial charge in [-0.05, 0) is 39.2 Å². The van der Waals surface area contributed by atoms with Gasteiger partial charge in [-0.1, -0.05) is 17.7 Å². The second kappa shape index (κ2) is 5.16. The van der Waals surface area contributed by atoms with Crippen LogP contribution in [0.15, 0.2) is 12.1 Å². The first-order chi connectivity index (χ1) is 9.80. The van der Waals surface area contributed by atoms with Crippen molar-refractivity contribution in [2.45, 2.75) is 45.4 Å². The second-order valence-electron chi connectivity index (χ2n) is 6.60. The number of hydrogen-bond acceptors (Lipinski definition) is 4. The van der Waals surface area contributed by atoms with Crippen LogP contribution in [0.3, 0.4) is 0 Å². The van der Waals surface area contributed by atoms with Gasteiger partial charge in [0.05, 0.1) is 16.2 Å². The van der Waals surface area contributed by atoms with Crippen molar-refractivity contribution >= 4 is 24.2 Å². The van der Waals surface area contributed by atoms with E-state index in [2.05, 4.69) is 11.4 Å².